The normalized spacial score (nSPS) is 9.68. The van der Waals surface area contributed by atoms with Crippen molar-refractivity contribution in [2.45, 2.75) is 6.54 Å². The molecule has 4 nitrogen and oxygen atoms in total. The molecule has 2 aromatic rings. The van der Waals surface area contributed by atoms with Crippen LogP contribution < -0.4 is 5.32 Å². The number of amides is 1. The van der Waals surface area contributed by atoms with Crippen LogP contribution in [0.3, 0.4) is 0 Å². The molecule has 0 radical (unpaired) electrons. The Balaban J connectivity index is 1.98. The van der Waals surface area contributed by atoms with Crippen molar-refractivity contribution in [1.29, 1.82) is 5.26 Å². The van der Waals surface area contributed by atoms with Gasteiger partial charge in [-0.3, -0.25) is 9.78 Å². The Morgan fingerprint density at radius 2 is 2.05 bits per heavy atom. The molecule has 0 aliphatic heterocycles. The SMILES string of the molecule is N#Cc1ccc(CNC(=O)c2cncc(Br)c2)cc1. The van der Waals surface area contributed by atoms with E-state index < -0.39 is 0 Å². The summed E-state index contributed by atoms with van der Waals surface area (Å²) in [4.78, 5) is 15.8. The maximum absolute atomic E-state index is 11.9. The number of benzene rings is 1. The Labute approximate surface area is 119 Å². The molecule has 0 spiro atoms. The molecule has 1 aromatic carbocycles. The standard InChI is InChI=1S/C14H10BrN3O/c15-13-5-12(8-17-9-13)14(19)18-7-11-3-1-10(6-16)2-4-11/h1-5,8-9H,7H2,(H,18,19). The van der Waals surface area contributed by atoms with Crippen LogP contribution in [-0.2, 0) is 6.54 Å². The quantitative estimate of drug-likeness (QED) is 0.946. The number of carbonyl (C=O) groups is 1. The van der Waals surface area contributed by atoms with Crippen LogP contribution in [0.2, 0.25) is 0 Å². The molecule has 1 N–H and O–H groups in total. The summed E-state index contributed by atoms with van der Waals surface area (Å²) in [6.45, 7) is 0.414. The van der Waals surface area contributed by atoms with Gasteiger partial charge in [0.2, 0.25) is 0 Å². The van der Waals surface area contributed by atoms with Gasteiger partial charge >= 0.3 is 0 Å². The predicted octanol–water partition coefficient (Wildman–Crippen LogP) is 2.65. The third-order valence-corrected chi connectivity index (χ3v) is 2.94. The Bertz CT molecular complexity index is 632. The highest BCUT2D eigenvalue weighted by molar-refractivity contribution is 9.10. The van der Waals surface area contributed by atoms with Gasteiger partial charge in [0.15, 0.2) is 0 Å². The van der Waals surface area contributed by atoms with Crippen molar-refractivity contribution < 1.29 is 4.79 Å². The first-order valence-corrected chi connectivity index (χ1v) is 6.36. The number of carbonyl (C=O) groups excluding carboxylic acids is 1. The van der Waals surface area contributed by atoms with Gasteiger partial charge in [0, 0.05) is 23.4 Å². The molecule has 0 fully saturated rings. The highest BCUT2D eigenvalue weighted by Crippen LogP contribution is 2.09. The van der Waals surface area contributed by atoms with E-state index >= 15 is 0 Å². The molecule has 19 heavy (non-hydrogen) atoms. The summed E-state index contributed by atoms with van der Waals surface area (Å²) in [6, 6.07) is 10.8. The van der Waals surface area contributed by atoms with Gasteiger partial charge in [0.1, 0.15) is 0 Å². The number of nitrogens with one attached hydrogen (secondary N) is 1. The topological polar surface area (TPSA) is 65.8 Å². The van der Waals surface area contributed by atoms with Crippen LogP contribution in [0.15, 0.2) is 47.2 Å². The molecular weight excluding hydrogens is 306 g/mol. The second kappa shape index (κ2) is 6.12. The smallest absolute Gasteiger partial charge is 0.253 e. The zero-order chi connectivity index (χ0) is 13.7. The number of rotatable bonds is 3. The lowest BCUT2D eigenvalue weighted by Crippen LogP contribution is -2.22. The first-order valence-electron chi connectivity index (χ1n) is 5.57. The van der Waals surface area contributed by atoms with Gasteiger partial charge < -0.3 is 5.32 Å². The zero-order valence-corrected chi connectivity index (χ0v) is 11.5. The molecule has 5 heteroatoms. The van der Waals surface area contributed by atoms with E-state index in [0.717, 1.165) is 10.0 Å². The number of hydrogen-bond donors (Lipinski definition) is 1. The van der Waals surface area contributed by atoms with E-state index in [1.165, 1.54) is 6.20 Å². The molecule has 0 atom stereocenters. The third-order valence-electron chi connectivity index (χ3n) is 2.50. The molecule has 0 saturated heterocycles. The van der Waals surface area contributed by atoms with Crippen molar-refractivity contribution >= 4 is 21.8 Å². The number of aromatic nitrogens is 1. The largest absolute Gasteiger partial charge is 0.348 e. The van der Waals surface area contributed by atoms with Gasteiger partial charge in [-0.1, -0.05) is 12.1 Å². The molecule has 0 aliphatic carbocycles. The summed E-state index contributed by atoms with van der Waals surface area (Å²) in [6.07, 6.45) is 3.14. The molecule has 0 aliphatic rings. The highest BCUT2D eigenvalue weighted by Gasteiger charge is 2.06. The third kappa shape index (κ3) is 3.63. The lowest BCUT2D eigenvalue weighted by molar-refractivity contribution is 0.0950. The molecular formula is C14H10BrN3O. The minimum absolute atomic E-state index is 0.182. The van der Waals surface area contributed by atoms with E-state index in [0.29, 0.717) is 17.7 Å². The molecule has 0 saturated carbocycles. The van der Waals surface area contributed by atoms with Gasteiger partial charge in [-0.2, -0.15) is 5.26 Å². The van der Waals surface area contributed by atoms with Crippen LogP contribution in [0, 0.1) is 11.3 Å². The van der Waals surface area contributed by atoms with Crippen molar-refractivity contribution in [3.8, 4) is 6.07 Å². The average molecular weight is 316 g/mol. The number of pyridine rings is 1. The lowest BCUT2D eigenvalue weighted by atomic mass is 10.1. The second-order valence-corrected chi connectivity index (χ2v) is 4.80. The van der Waals surface area contributed by atoms with Crippen molar-refractivity contribution in [3.05, 3.63) is 63.9 Å². The van der Waals surface area contributed by atoms with Gasteiger partial charge in [0.25, 0.3) is 5.91 Å². The van der Waals surface area contributed by atoms with Gasteiger partial charge in [-0.25, -0.2) is 0 Å². The van der Waals surface area contributed by atoms with E-state index in [4.69, 9.17) is 5.26 Å². The van der Waals surface area contributed by atoms with Crippen molar-refractivity contribution in [1.82, 2.24) is 10.3 Å². The van der Waals surface area contributed by atoms with Crippen molar-refractivity contribution in [2.24, 2.45) is 0 Å². The molecule has 1 aromatic heterocycles. The van der Waals surface area contributed by atoms with Crippen molar-refractivity contribution in [2.75, 3.05) is 0 Å². The van der Waals surface area contributed by atoms with Crippen LogP contribution in [0.25, 0.3) is 0 Å². The Morgan fingerprint density at radius 3 is 2.68 bits per heavy atom. The van der Waals surface area contributed by atoms with Gasteiger partial charge in [0.05, 0.1) is 17.2 Å². The van der Waals surface area contributed by atoms with E-state index in [9.17, 15) is 4.79 Å². The molecule has 0 unspecified atom stereocenters. The van der Waals surface area contributed by atoms with E-state index in [2.05, 4.69) is 32.3 Å². The lowest BCUT2D eigenvalue weighted by Gasteiger charge is -2.05. The number of halogens is 1. The Hall–Kier alpha value is -2.19. The summed E-state index contributed by atoms with van der Waals surface area (Å²) in [5.41, 5.74) is 2.05. The molecule has 1 amide bonds. The van der Waals surface area contributed by atoms with E-state index in [1.54, 1.807) is 24.4 Å². The fourth-order valence-electron chi connectivity index (χ4n) is 1.52. The van der Waals surface area contributed by atoms with Crippen molar-refractivity contribution in [3.63, 3.8) is 0 Å². The first kappa shape index (κ1) is 13.2. The Kier molecular flexibility index (Phi) is 4.26. The minimum atomic E-state index is -0.182. The first-order chi connectivity index (χ1) is 9.19. The van der Waals surface area contributed by atoms with Crippen LogP contribution in [0.1, 0.15) is 21.5 Å². The van der Waals surface area contributed by atoms with Gasteiger partial charge in [-0.15, -0.1) is 0 Å². The van der Waals surface area contributed by atoms with Crippen LogP contribution in [-0.4, -0.2) is 10.9 Å². The van der Waals surface area contributed by atoms with Gasteiger partial charge in [-0.05, 0) is 39.7 Å². The maximum atomic E-state index is 11.9. The maximum Gasteiger partial charge on any atom is 0.253 e. The summed E-state index contributed by atoms with van der Waals surface area (Å²) in [7, 11) is 0. The molecule has 1 heterocycles. The summed E-state index contributed by atoms with van der Waals surface area (Å²) < 4.78 is 0.763. The summed E-state index contributed by atoms with van der Waals surface area (Å²) in [5, 5.41) is 11.5. The fraction of sp³-hybridized carbons (Fsp3) is 0.0714. The van der Waals surface area contributed by atoms with Crippen LogP contribution >= 0.6 is 15.9 Å². The Morgan fingerprint density at radius 1 is 1.32 bits per heavy atom. The van der Waals surface area contributed by atoms with Crippen LogP contribution in [0.5, 0.6) is 0 Å². The van der Waals surface area contributed by atoms with Crippen LogP contribution in [0.4, 0.5) is 0 Å². The zero-order valence-electron chi connectivity index (χ0n) is 9.93. The molecule has 0 bridgehead atoms. The summed E-state index contributed by atoms with van der Waals surface area (Å²) in [5.74, 6) is -0.182. The molecule has 94 valence electrons. The van der Waals surface area contributed by atoms with E-state index in [-0.39, 0.29) is 5.91 Å². The fourth-order valence-corrected chi connectivity index (χ4v) is 1.88. The number of nitriles is 1. The predicted molar refractivity (Wildman–Crippen MR) is 74.3 cm³/mol. The molecule has 2 rings (SSSR count). The minimum Gasteiger partial charge on any atom is -0.348 e. The highest BCUT2D eigenvalue weighted by atomic mass is 79.9. The average Bonchev–Trinajstić information content (AvgIpc) is 2.45. The monoisotopic (exact) mass is 315 g/mol. The second-order valence-electron chi connectivity index (χ2n) is 3.88. The number of hydrogen-bond acceptors (Lipinski definition) is 3. The van der Waals surface area contributed by atoms with E-state index in [1.807, 2.05) is 12.1 Å². The number of nitrogens with zero attached hydrogens (tertiary/aromatic N) is 2. The summed E-state index contributed by atoms with van der Waals surface area (Å²) >= 11 is 3.27.